The third-order valence-electron chi connectivity index (χ3n) is 2.47. The van der Waals surface area contributed by atoms with Crippen molar-refractivity contribution >= 4 is 34.8 Å². The largest absolute Gasteiger partial charge is 0.207 e. The van der Waals surface area contributed by atoms with Crippen molar-refractivity contribution in [2.24, 2.45) is 0 Å². The average Bonchev–Trinajstić information content (AvgIpc) is 2.25. The van der Waals surface area contributed by atoms with Crippen LogP contribution in [-0.4, -0.2) is 0 Å². The van der Waals surface area contributed by atoms with Gasteiger partial charge in [0.1, 0.15) is 17.5 Å². The molecule has 100 valence electrons. The molecule has 19 heavy (non-hydrogen) atoms. The number of rotatable bonds is 2. The lowest BCUT2D eigenvalue weighted by Crippen LogP contribution is -2.02. The molecule has 1 unspecified atom stereocenters. The van der Waals surface area contributed by atoms with Crippen molar-refractivity contribution in [1.82, 2.24) is 0 Å². The summed E-state index contributed by atoms with van der Waals surface area (Å²) in [6, 6.07) is 5.48. The highest BCUT2D eigenvalue weighted by atomic mass is 35.5. The predicted octanol–water partition coefficient (Wildman–Crippen LogP) is 5.74. The molecule has 0 aliphatic carbocycles. The van der Waals surface area contributed by atoms with E-state index >= 15 is 0 Å². The van der Waals surface area contributed by atoms with Gasteiger partial charge in [-0.05, 0) is 23.8 Å². The van der Waals surface area contributed by atoms with Crippen LogP contribution in [0.5, 0.6) is 0 Å². The van der Waals surface area contributed by atoms with E-state index in [1.807, 2.05) is 0 Å². The van der Waals surface area contributed by atoms with Crippen LogP contribution >= 0.6 is 34.8 Å². The van der Waals surface area contributed by atoms with E-state index in [-0.39, 0.29) is 10.0 Å². The Bertz CT molecular complexity index is 585. The highest BCUT2D eigenvalue weighted by Crippen LogP contribution is 2.35. The highest BCUT2D eigenvalue weighted by Gasteiger charge is 2.21. The molecule has 2 aromatic carbocycles. The zero-order valence-corrected chi connectivity index (χ0v) is 11.5. The Balaban J connectivity index is 2.52. The first-order chi connectivity index (χ1) is 8.88. The fourth-order valence-corrected chi connectivity index (χ4v) is 2.56. The van der Waals surface area contributed by atoms with Gasteiger partial charge in [-0.2, -0.15) is 0 Å². The molecule has 0 heterocycles. The van der Waals surface area contributed by atoms with Gasteiger partial charge in [0, 0.05) is 27.7 Å². The van der Waals surface area contributed by atoms with E-state index in [4.69, 9.17) is 34.8 Å². The molecule has 1 atom stereocenters. The van der Waals surface area contributed by atoms with Gasteiger partial charge in [0.25, 0.3) is 0 Å². The summed E-state index contributed by atoms with van der Waals surface area (Å²) in [5.41, 5.74) is -0.120. The fraction of sp³-hybridized carbons (Fsp3) is 0.0769. The normalized spacial score (nSPS) is 12.5. The van der Waals surface area contributed by atoms with E-state index in [0.717, 1.165) is 0 Å². The van der Waals surface area contributed by atoms with Gasteiger partial charge < -0.3 is 0 Å². The third kappa shape index (κ3) is 3.16. The van der Waals surface area contributed by atoms with Crippen molar-refractivity contribution in [3.63, 3.8) is 0 Å². The molecule has 2 aromatic rings. The molecule has 0 bridgehead atoms. The quantitative estimate of drug-likeness (QED) is 0.618. The van der Waals surface area contributed by atoms with Crippen molar-refractivity contribution in [3.05, 3.63) is 69.0 Å². The summed E-state index contributed by atoms with van der Waals surface area (Å²) in [7, 11) is 0. The Kier molecular flexibility index (Phi) is 4.29. The predicted molar refractivity (Wildman–Crippen MR) is 70.5 cm³/mol. The van der Waals surface area contributed by atoms with Gasteiger partial charge >= 0.3 is 0 Å². The van der Waals surface area contributed by atoms with Gasteiger partial charge in [-0.1, -0.05) is 23.2 Å². The number of alkyl halides is 1. The molecule has 0 amide bonds. The number of hydrogen-bond acceptors (Lipinski definition) is 0. The van der Waals surface area contributed by atoms with Crippen LogP contribution in [0.3, 0.4) is 0 Å². The van der Waals surface area contributed by atoms with Crippen molar-refractivity contribution < 1.29 is 13.2 Å². The Labute approximate surface area is 122 Å². The molecule has 0 aliphatic rings. The first-order valence-electron chi connectivity index (χ1n) is 5.13. The molecule has 0 aromatic heterocycles. The van der Waals surface area contributed by atoms with E-state index in [9.17, 15) is 13.2 Å². The lowest BCUT2D eigenvalue weighted by Gasteiger charge is -2.13. The highest BCUT2D eigenvalue weighted by molar-refractivity contribution is 6.35. The van der Waals surface area contributed by atoms with Gasteiger partial charge in [-0.25, -0.2) is 13.2 Å². The first kappa shape index (κ1) is 14.5. The van der Waals surface area contributed by atoms with Crippen LogP contribution in [0.2, 0.25) is 10.0 Å². The van der Waals surface area contributed by atoms with Gasteiger partial charge in [-0.3, -0.25) is 0 Å². The smallest absolute Gasteiger partial charge is 0.134 e. The molecule has 0 spiro atoms. The molecule has 0 nitrogen and oxygen atoms in total. The summed E-state index contributed by atoms with van der Waals surface area (Å²) in [6.07, 6.45) is 0. The first-order valence-corrected chi connectivity index (χ1v) is 6.32. The molecule has 0 saturated heterocycles. The minimum absolute atomic E-state index is 0.288. The van der Waals surface area contributed by atoms with Gasteiger partial charge in [-0.15, -0.1) is 11.6 Å². The summed E-state index contributed by atoms with van der Waals surface area (Å²) in [6.45, 7) is 0. The summed E-state index contributed by atoms with van der Waals surface area (Å²) < 4.78 is 40.1. The van der Waals surface area contributed by atoms with Crippen LogP contribution in [0.25, 0.3) is 0 Å². The molecule has 2 rings (SSSR count). The zero-order valence-electron chi connectivity index (χ0n) is 9.23. The number of hydrogen-bond donors (Lipinski definition) is 0. The maximum absolute atomic E-state index is 13.6. The summed E-state index contributed by atoms with van der Waals surface area (Å²) in [4.78, 5) is 0. The van der Waals surface area contributed by atoms with Gasteiger partial charge in [0.2, 0.25) is 0 Å². The van der Waals surface area contributed by atoms with Crippen molar-refractivity contribution in [3.8, 4) is 0 Å². The summed E-state index contributed by atoms with van der Waals surface area (Å²) in [5.74, 6) is -3.13. The molecular weight excluding hydrogens is 319 g/mol. The van der Waals surface area contributed by atoms with Crippen LogP contribution < -0.4 is 0 Å². The summed E-state index contributed by atoms with van der Waals surface area (Å²) in [5, 5.41) is -0.580. The Morgan fingerprint density at radius 3 is 1.74 bits per heavy atom. The third-order valence-corrected chi connectivity index (χ3v) is 3.38. The standard InChI is InChI=1S/C13H6Cl3F3/c14-7-1-6(2-8(15)3-7)13(16)12-10(18)4-9(17)5-11(12)19/h1-5,13H. The SMILES string of the molecule is Fc1cc(F)c(C(Cl)c2cc(Cl)cc(Cl)c2)c(F)c1. The van der Waals surface area contributed by atoms with E-state index in [0.29, 0.717) is 17.7 Å². The molecule has 0 aliphatic heterocycles. The van der Waals surface area contributed by atoms with Crippen LogP contribution in [-0.2, 0) is 0 Å². The number of benzene rings is 2. The van der Waals surface area contributed by atoms with Crippen LogP contribution in [0.1, 0.15) is 16.5 Å². The molecule has 0 radical (unpaired) electrons. The van der Waals surface area contributed by atoms with Crippen molar-refractivity contribution in [1.29, 1.82) is 0 Å². The molecule has 6 heteroatoms. The molecule has 0 fully saturated rings. The van der Waals surface area contributed by atoms with Crippen LogP contribution in [0.4, 0.5) is 13.2 Å². The van der Waals surface area contributed by atoms with Crippen LogP contribution in [0, 0.1) is 17.5 Å². The maximum atomic E-state index is 13.6. The molecular formula is C13H6Cl3F3. The summed E-state index contributed by atoms with van der Waals surface area (Å²) >= 11 is 17.6. The second kappa shape index (κ2) is 5.61. The zero-order chi connectivity index (χ0) is 14.2. The Hall–Kier alpha value is -0.900. The average molecular weight is 326 g/mol. The van der Waals surface area contributed by atoms with E-state index in [2.05, 4.69) is 0 Å². The van der Waals surface area contributed by atoms with Crippen LogP contribution in [0.15, 0.2) is 30.3 Å². The Morgan fingerprint density at radius 2 is 1.26 bits per heavy atom. The second-order valence-corrected chi connectivity index (χ2v) is 5.16. The van der Waals surface area contributed by atoms with Crippen molar-refractivity contribution in [2.45, 2.75) is 5.38 Å². The van der Waals surface area contributed by atoms with E-state index in [1.54, 1.807) is 0 Å². The second-order valence-electron chi connectivity index (χ2n) is 3.85. The lowest BCUT2D eigenvalue weighted by atomic mass is 10.0. The van der Waals surface area contributed by atoms with E-state index in [1.165, 1.54) is 18.2 Å². The molecule has 0 saturated carbocycles. The van der Waals surface area contributed by atoms with Crippen molar-refractivity contribution in [2.75, 3.05) is 0 Å². The maximum Gasteiger partial charge on any atom is 0.134 e. The molecule has 0 N–H and O–H groups in total. The van der Waals surface area contributed by atoms with E-state index < -0.39 is 28.4 Å². The van der Waals surface area contributed by atoms with Gasteiger partial charge in [0.05, 0.1) is 5.38 Å². The lowest BCUT2D eigenvalue weighted by molar-refractivity contribution is 0.526. The topological polar surface area (TPSA) is 0 Å². The van der Waals surface area contributed by atoms with Gasteiger partial charge in [0.15, 0.2) is 0 Å². The fourth-order valence-electron chi connectivity index (χ4n) is 1.68. The minimum atomic E-state index is -1.16. The number of halogens is 6. The monoisotopic (exact) mass is 324 g/mol. The Morgan fingerprint density at radius 1 is 0.789 bits per heavy atom. The minimum Gasteiger partial charge on any atom is -0.207 e.